The van der Waals surface area contributed by atoms with E-state index in [2.05, 4.69) is 26.7 Å². The summed E-state index contributed by atoms with van der Waals surface area (Å²) in [6, 6.07) is 18.9. The van der Waals surface area contributed by atoms with Crippen molar-refractivity contribution in [2.45, 2.75) is 145 Å². The molecule has 0 bridgehead atoms. The van der Waals surface area contributed by atoms with Crippen molar-refractivity contribution < 1.29 is 56.7 Å². The Morgan fingerprint density at radius 1 is 0.844 bits per heavy atom. The van der Waals surface area contributed by atoms with Gasteiger partial charge in [0, 0.05) is 110 Å². The lowest BCUT2D eigenvalue weighted by Crippen LogP contribution is -2.30. The van der Waals surface area contributed by atoms with E-state index >= 15 is 0 Å². The third kappa shape index (κ3) is 15.6. The lowest BCUT2D eigenvalue weighted by atomic mass is 9.79. The number of nitrogens with zero attached hydrogens (tertiary/aromatic N) is 6. The number of fused-ring (bicyclic) bond motifs is 7. The van der Waals surface area contributed by atoms with Crippen molar-refractivity contribution in [3.63, 3.8) is 0 Å². The summed E-state index contributed by atoms with van der Waals surface area (Å²) in [6.07, 6.45) is 20.6. The first-order valence-corrected chi connectivity index (χ1v) is 36.5. The summed E-state index contributed by atoms with van der Waals surface area (Å²) in [6.45, 7) is 17.7. The zero-order valence-corrected chi connectivity index (χ0v) is 55.0. The number of hydrogen-bond donors (Lipinski definition) is 4. The molecule has 0 fully saturated rings. The predicted octanol–water partition coefficient (Wildman–Crippen LogP) is 10.2. The first-order chi connectivity index (χ1) is 42.5. The molecule has 2 radical (unpaired) electrons. The van der Waals surface area contributed by atoms with Gasteiger partial charge < -0.3 is 20.1 Å². The number of sulfonamides is 1. The molecule has 6 aromatic rings. The molecule has 0 spiro atoms. The van der Waals surface area contributed by atoms with Gasteiger partial charge >= 0.3 is 0 Å². The summed E-state index contributed by atoms with van der Waals surface area (Å²) in [5, 5.41) is 8.94. The first-order valence-electron chi connectivity index (χ1n) is 30.5. The number of carbonyl (C=O) groups excluding carboxylic acids is 1. The molecule has 5 heterocycles. The lowest BCUT2D eigenvalue weighted by Gasteiger charge is -2.27. The number of carbonyl (C=O) groups is 1. The van der Waals surface area contributed by atoms with Gasteiger partial charge in [-0.15, -0.1) is 0 Å². The van der Waals surface area contributed by atoms with Crippen molar-refractivity contribution in [2.75, 3.05) is 54.9 Å². The van der Waals surface area contributed by atoms with Crippen molar-refractivity contribution in [3.05, 3.63) is 161 Å². The number of aryl methyl sites for hydroxylation is 3. The minimum atomic E-state index is -4.55. The molecule has 0 unspecified atom stereocenters. The average molecular weight is 1310 g/mol. The van der Waals surface area contributed by atoms with Crippen LogP contribution in [0.2, 0.25) is 0 Å². The molecule has 4 N–H and O–H groups in total. The van der Waals surface area contributed by atoms with Crippen molar-refractivity contribution in [3.8, 4) is 0 Å². The molecule has 0 saturated heterocycles. The van der Waals surface area contributed by atoms with Gasteiger partial charge in [-0.25, -0.2) is 36.1 Å². The number of aromatic nitrogens is 3. The largest absolute Gasteiger partial charge is 0.748 e. The average Bonchev–Trinajstić information content (AvgIpc) is 1.54. The van der Waals surface area contributed by atoms with Crippen LogP contribution in [0.3, 0.4) is 0 Å². The van der Waals surface area contributed by atoms with Gasteiger partial charge in [-0.05, 0) is 159 Å². The quantitative estimate of drug-likeness (QED) is 0.0154. The molecule has 3 aliphatic rings. The first kappa shape index (κ1) is 67.6. The number of hydrogen-bond acceptors (Lipinski definition) is 15. The highest BCUT2D eigenvalue weighted by Crippen LogP contribution is 2.52. The minimum Gasteiger partial charge on any atom is -0.748 e. The topological polar surface area (TPSA) is 289 Å². The maximum Gasteiger partial charge on any atom is 0.294 e. The molecule has 4 aromatic carbocycles. The van der Waals surface area contributed by atoms with E-state index in [1.165, 1.54) is 23.5 Å². The Morgan fingerprint density at radius 2 is 1.59 bits per heavy atom. The highest BCUT2D eigenvalue weighted by atomic mass is 32.2. The molecule has 2 aromatic heterocycles. The molecule has 0 saturated carbocycles. The van der Waals surface area contributed by atoms with Crippen LogP contribution in [0.25, 0.3) is 21.5 Å². The van der Waals surface area contributed by atoms with Gasteiger partial charge in [-0.3, -0.25) is 13.9 Å². The Morgan fingerprint density at radius 3 is 2.32 bits per heavy atom. The Kier molecular flexibility index (Phi) is 20.7. The summed E-state index contributed by atoms with van der Waals surface area (Å²) < 4.78 is 136. The van der Waals surface area contributed by atoms with Crippen molar-refractivity contribution in [1.82, 2.24) is 24.6 Å². The predicted molar refractivity (Wildman–Crippen MR) is 350 cm³/mol. The molecule has 24 heteroatoms. The van der Waals surface area contributed by atoms with E-state index in [0.29, 0.717) is 39.6 Å². The molecule has 20 nitrogen and oxygen atoms in total. The normalized spacial score (nSPS) is 16.6. The number of unbranched alkanes of at least 4 members (excludes halogenated alkanes) is 3. The van der Waals surface area contributed by atoms with Gasteiger partial charge in [0.2, 0.25) is 21.6 Å². The zero-order chi connectivity index (χ0) is 65.0. The van der Waals surface area contributed by atoms with E-state index in [4.69, 9.17) is 11.9 Å². The number of amides is 1. The van der Waals surface area contributed by atoms with E-state index < -0.39 is 62.7 Å². The maximum atomic E-state index is 14.6. The van der Waals surface area contributed by atoms with Gasteiger partial charge in [0.15, 0.2) is 5.71 Å². The Bertz CT molecular complexity index is 4320. The number of rotatable bonds is 28. The fourth-order valence-corrected chi connectivity index (χ4v) is 15.7. The van der Waals surface area contributed by atoms with Crippen LogP contribution in [0.4, 0.5) is 17.2 Å². The Balaban J connectivity index is 0.891. The number of nitrogens with one attached hydrogen (secondary N) is 2. The van der Waals surface area contributed by atoms with Crippen molar-refractivity contribution in [2.24, 2.45) is 0 Å². The fourth-order valence-electron chi connectivity index (χ4n) is 12.8. The van der Waals surface area contributed by atoms with E-state index in [9.17, 15) is 52.1 Å². The second kappa shape index (κ2) is 27.6. The van der Waals surface area contributed by atoms with E-state index in [0.717, 1.165) is 114 Å². The fraction of sp³-hybridized carbons (Fsp3) is 0.424. The van der Waals surface area contributed by atoms with Gasteiger partial charge in [0.25, 0.3) is 20.2 Å². The number of benzene rings is 4. The molecule has 480 valence electrons. The minimum absolute atomic E-state index is 0.00810. The monoisotopic (exact) mass is 1300 g/mol. The smallest absolute Gasteiger partial charge is 0.294 e. The van der Waals surface area contributed by atoms with Crippen LogP contribution in [-0.2, 0) is 75.4 Å². The molecule has 1 atom stereocenters. The van der Waals surface area contributed by atoms with Gasteiger partial charge in [0.05, 0.1) is 31.1 Å². The molecule has 0 aliphatic carbocycles. The Hall–Kier alpha value is -6.77. The molecular formula is C66H80N8O12S4. The van der Waals surface area contributed by atoms with Crippen LogP contribution in [0.15, 0.2) is 125 Å². The van der Waals surface area contributed by atoms with Crippen LogP contribution in [0.5, 0.6) is 0 Å². The van der Waals surface area contributed by atoms with Crippen LogP contribution in [0, 0.1) is 13.8 Å². The second-order valence-corrected chi connectivity index (χ2v) is 31.1. The Labute approximate surface area is 530 Å². The zero-order valence-electron chi connectivity index (χ0n) is 51.8. The lowest BCUT2D eigenvalue weighted by molar-refractivity contribution is -0.437. The third-order valence-electron chi connectivity index (χ3n) is 17.4. The standard InChI is InChI=1S/C66H80N8O12S4/c1-45(50-43-68-46(2)69-44-50)20-11-8-9-12-23-55-49(40-48-21-16-34-67-64(48)71-55)42-70-61(75)27-17-35-72(7)89(82,83)58-24-15-22-53-52(58)31-33-57-62(53)65(3,4)59(74(57)37-19-39-88(79,80)81)25-13-10-14-26-60-66(5,6)63-54-41-51(90(84,85)86)30-28-47(54)29-32-56(63)73(60)36-18-38-87(76,77)78/h1,10,13-15,22,24-26,28-33,40-41,43-45H,8-9,11-12,16-21,23,27,34-39,42H2,2-7H3,(H4-,67,70,71,75,76,77,78,79,80,81,84,85,86)/t45-/m1/s1. The highest BCUT2D eigenvalue weighted by molar-refractivity contribution is 7.89. The van der Waals surface area contributed by atoms with Crippen LogP contribution in [0.1, 0.15) is 137 Å². The molecule has 90 heavy (non-hydrogen) atoms. The third-order valence-corrected chi connectivity index (χ3v) is 21.7. The maximum absolute atomic E-state index is 14.6. The number of anilines is 2. The van der Waals surface area contributed by atoms with Crippen molar-refractivity contribution >= 4 is 90.7 Å². The molecule has 3 aliphatic heterocycles. The summed E-state index contributed by atoms with van der Waals surface area (Å²) in [4.78, 5) is 28.8. The van der Waals surface area contributed by atoms with Gasteiger partial charge in [-0.2, -0.15) is 21.4 Å². The number of pyridine rings is 1. The van der Waals surface area contributed by atoms with E-state index in [1.807, 2.05) is 80.5 Å². The van der Waals surface area contributed by atoms with E-state index in [1.54, 1.807) is 54.9 Å². The second-order valence-electron chi connectivity index (χ2n) is 24.6. The van der Waals surface area contributed by atoms with Gasteiger partial charge in [0.1, 0.15) is 18.2 Å². The van der Waals surface area contributed by atoms with E-state index in [-0.39, 0.29) is 66.9 Å². The molecule has 1 amide bonds. The summed E-state index contributed by atoms with van der Waals surface area (Å²) in [7, 11) is -16.0. The number of allylic oxidation sites excluding steroid dienone is 6. The van der Waals surface area contributed by atoms with Crippen LogP contribution >= 0.6 is 0 Å². The summed E-state index contributed by atoms with van der Waals surface area (Å²) in [5.41, 5.74) is 6.82. The molecular weight excluding hydrogens is 1230 g/mol. The molecule has 9 rings (SSSR count). The van der Waals surface area contributed by atoms with Crippen LogP contribution in [-0.4, -0.2) is 128 Å². The summed E-state index contributed by atoms with van der Waals surface area (Å²) in [5.74, 6) is 0.206. The SMILES string of the molecule is [CH][C@H](CCCCCCc1nc2c(cc1CNC(=O)CCCN(C)S(=O)(=O)c1cccc3c4c(ccc13)N(CCCS(=O)(=O)O)/C(=C/C=C/C=C/C1=[N+](CCCS(=O)(=O)[O-])c3ccc5ccc(S(=O)(=O)O)cc5c3C1(C)C)C4(C)C)CCCN2)c1cnc(C)nc1. The van der Waals surface area contributed by atoms with Crippen LogP contribution < -0.4 is 15.5 Å². The van der Waals surface area contributed by atoms with Gasteiger partial charge in [-0.1, -0.05) is 75.6 Å². The highest BCUT2D eigenvalue weighted by Gasteiger charge is 2.46. The van der Waals surface area contributed by atoms with Crippen molar-refractivity contribution in [1.29, 1.82) is 0 Å². The summed E-state index contributed by atoms with van der Waals surface area (Å²) >= 11 is 0.